The molecular weight excluding hydrogens is 374 g/mol. The van der Waals surface area contributed by atoms with Crippen LogP contribution in [0, 0.1) is 5.92 Å². The van der Waals surface area contributed by atoms with E-state index in [-0.39, 0.29) is 24.1 Å². The number of nitrogens with one attached hydrogen (secondary N) is 1. The zero-order valence-electron chi connectivity index (χ0n) is 15.1. The van der Waals surface area contributed by atoms with E-state index in [1.165, 1.54) is 0 Å². The molecule has 0 spiro atoms. The summed E-state index contributed by atoms with van der Waals surface area (Å²) in [6.07, 6.45) is 0. The van der Waals surface area contributed by atoms with Gasteiger partial charge in [-0.25, -0.2) is 0 Å². The van der Waals surface area contributed by atoms with Crippen molar-refractivity contribution < 1.29 is 9.59 Å². The van der Waals surface area contributed by atoms with Gasteiger partial charge in [0.2, 0.25) is 5.91 Å². The Morgan fingerprint density at radius 3 is 2.25 bits per heavy atom. The molecule has 1 aliphatic rings. The zero-order chi connectivity index (χ0) is 18.8. The van der Waals surface area contributed by atoms with Crippen LogP contribution < -0.4 is 11.1 Å². The number of aliphatic imine (C=N–C) groups is 1. The van der Waals surface area contributed by atoms with Gasteiger partial charge in [0, 0.05) is 23.2 Å². The Morgan fingerprint density at radius 2 is 1.61 bits per heavy atom. The van der Waals surface area contributed by atoms with Crippen LogP contribution in [0.3, 0.4) is 0 Å². The first-order chi connectivity index (χ1) is 13.1. The van der Waals surface area contributed by atoms with Crippen molar-refractivity contribution in [1.29, 1.82) is 0 Å². The van der Waals surface area contributed by atoms with Crippen LogP contribution in [-0.4, -0.2) is 30.6 Å². The predicted molar refractivity (Wildman–Crippen MR) is 113 cm³/mol. The predicted octanol–water partition coefficient (Wildman–Crippen LogP) is 3.21. The molecule has 1 atom stereocenters. The highest BCUT2D eigenvalue weighted by molar-refractivity contribution is 6.04. The first-order valence-corrected chi connectivity index (χ1v) is 8.83. The van der Waals surface area contributed by atoms with Gasteiger partial charge in [0.1, 0.15) is 5.84 Å². The Morgan fingerprint density at radius 1 is 0.929 bits per heavy atom. The van der Waals surface area contributed by atoms with Gasteiger partial charge in [0.05, 0.1) is 12.5 Å². The Kier molecular flexibility index (Phi) is 5.76. The van der Waals surface area contributed by atoms with E-state index in [2.05, 4.69) is 10.3 Å². The summed E-state index contributed by atoms with van der Waals surface area (Å²) in [7, 11) is 0. The quantitative estimate of drug-likeness (QED) is 0.667. The van der Waals surface area contributed by atoms with Crippen LogP contribution in [0.5, 0.6) is 0 Å². The van der Waals surface area contributed by atoms with Crippen molar-refractivity contribution in [1.82, 2.24) is 5.32 Å². The maximum Gasteiger partial charge on any atom is 0.248 e. The fourth-order valence-electron chi connectivity index (χ4n) is 3.28. The molecule has 1 unspecified atom stereocenters. The topological polar surface area (TPSA) is 84.6 Å². The first-order valence-electron chi connectivity index (χ1n) is 8.83. The highest BCUT2D eigenvalue weighted by atomic mass is 35.5. The number of rotatable bonds is 4. The number of ketones is 1. The molecule has 0 saturated carbocycles. The largest absolute Gasteiger partial charge is 0.369 e. The number of benzene rings is 3. The number of halogens is 1. The number of fused-ring (bicyclic) bond motifs is 1. The second kappa shape index (κ2) is 8.23. The minimum Gasteiger partial charge on any atom is -0.369 e. The van der Waals surface area contributed by atoms with Crippen molar-refractivity contribution in [3.63, 3.8) is 0 Å². The molecule has 3 N–H and O–H groups in total. The summed E-state index contributed by atoms with van der Waals surface area (Å²) in [4.78, 5) is 28.5. The molecule has 1 aliphatic heterocycles. The van der Waals surface area contributed by atoms with Gasteiger partial charge >= 0.3 is 0 Å². The highest BCUT2D eigenvalue weighted by Gasteiger charge is 2.24. The summed E-state index contributed by atoms with van der Waals surface area (Å²) < 4.78 is 0. The molecule has 142 valence electrons. The number of nitrogens with zero attached hydrogens (tertiary/aromatic N) is 1. The number of amides is 1. The Labute approximate surface area is 169 Å². The second-order valence-corrected chi connectivity index (χ2v) is 6.63. The van der Waals surface area contributed by atoms with Gasteiger partial charge in [0.25, 0.3) is 0 Å². The standard InChI is InChI=1S/C22H19N3O2.ClH/c23-21(27)15-6-8-16(9-7-15)22-24-12-19(13-25-22)20(26)18-10-5-14-3-1-2-4-17(14)11-18;/h1-11,19H,12-13H2,(H2,23,27)(H,24,25);1H. The number of hydrogen-bond donors (Lipinski definition) is 2. The number of carbonyl (C=O) groups is 2. The van der Waals surface area contributed by atoms with E-state index in [4.69, 9.17) is 5.73 Å². The number of Topliss-reactive ketones (excluding diaryl/α,β-unsaturated/α-hetero) is 1. The molecular formula is C22H20ClN3O2. The van der Waals surface area contributed by atoms with E-state index in [0.29, 0.717) is 24.2 Å². The van der Waals surface area contributed by atoms with Gasteiger partial charge in [-0.05, 0) is 29.0 Å². The average molecular weight is 394 g/mol. The van der Waals surface area contributed by atoms with Crippen molar-refractivity contribution in [3.05, 3.63) is 83.4 Å². The van der Waals surface area contributed by atoms with E-state index in [0.717, 1.165) is 22.2 Å². The van der Waals surface area contributed by atoms with Crippen molar-refractivity contribution in [2.75, 3.05) is 13.1 Å². The summed E-state index contributed by atoms with van der Waals surface area (Å²) in [6, 6.07) is 20.8. The summed E-state index contributed by atoms with van der Waals surface area (Å²) in [5.41, 5.74) is 7.30. The summed E-state index contributed by atoms with van der Waals surface area (Å²) in [5, 5.41) is 5.42. The van der Waals surface area contributed by atoms with Crippen molar-refractivity contribution >= 4 is 40.7 Å². The Bertz CT molecular complexity index is 1060. The summed E-state index contributed by atoms with van der Waals surface area (Å²) >= 11 is 0. The maximum absolute atomic E-state index is 12.8. The van der Waals surface area contributed by atoms with E-state index < -0.39 is 5.91 Å². The third kappa shape index (κ3) is 3.89. The van der Waals surface area contributed by atoms with Crippen LogP contribution in [0.1, 0.15) is 26.3 Å². The zero-order valence-corrected chi connectivity index (χ0v) is 15.9. The van der Waals surface area contributed by atoms with Crippen molar-refractivity contribution in [2.24, 2.45) is 16.6 Å². The van der Waals surface area contributed by atoms with Gasteiger partial charge in [-0.3, -0.25) is 14.6 Å². The number of hydrogen-bond acceptors (Lipinski definition) is 4. The molecule has 4 rings (SSSR count). The van der Waals surface area contributed by atoms with E-state index >= 15 is 0 Å². The smallest absolute Gasteiger partial charge is 0.248 e. The lowest BCUT2D eigenvalue weighted by molar-refractivity contribution is 0.0923. The molecule has 0 saturated heterocycles. The molecule has 6 heteroatoms. The third-order valence-electron chi connectivity index (χ3n) is 4.83. The molecule has 3 aromatic rings. The van der Waals surface area contributed by atoms with Crippen molar-refractivity contribution in [3.8, 4) is 0 Å². The van der Waals surface area contributed by atoms with E-state index in [9.17, 15) is 9.59 Å². The first kappa shape index (κ1) is 19.6. The lowest BCUT2D eigenvalue weighted by atomic mass is 9.94. The van der Waals surface area contributed by atoms with Crippen LogP contribution in [0.4, 0.5) is 0 Å². The minimum atomic E-state index is -0.457. The van der Waals surface area contributed by atoms with Crippen LogP contribution in [0.2, 0.25) is 0 Å². The number of nitrogens with two attached hydrogens (primary N) is 1. The maximum atomic E-state index is 12.8. The van der Waals surface area contributed by atoms with Crippen LogP contribution in [0.15, 0.2) is 71.7 Å². The second-order valence-electron chi connectivity index (χ2n) is 6.63. The molecule has 0 radical (unpaired) electrons. The molecule has 0 fully saturated rings. The van der Waals surface area contributed by atoms with Crippen LogP contribution in [0.25, 0.3) is 10.8 Å². The number of primary amides is 1. The van der Waals surface area contributed by atoms with Gasteiger partial charge < -0.3 is 11.1 Å². The fraction of sp³-hybridized carbons (Fsp3) is 0.136. The lowest BCUT2D eigenvalue weighted by Crippen LogP contribution is -2.39. The van der Waals surface area contributed by atoms with Crippen molar-refractivity contribution in [2.45, 2.75) is 0 Å². The molecule has 5 nitrogen and oxygen atoms in total. The third-order valence-corrected chi connectivity index (χ3v) is 4.83. The summed E-state index contributed by atoms with van der Waals surface area (Å²) in [6.45, 7) is 0.966. The SMILES string of the molecule is Cl.NC(=O)c1ccc(C2=NCC(C(=O)c3ccc4ccccc4c3)CN2)cc1. The molecule has 0 aromatic heterocycles. The van der Waals surface area contributed by atoms with E-state index in [1.54, 1.807) is 24.3 Å². The minimum absolute atomic E-state index is 0. The average Bonchev–Trinajstić information content (AvgIpc) is 2.73. The Balaban J connectivity index is 0.00000225. The highest BCUT2D eigenvalue weighted by Crippen LogP contribution is 2.19. The Hall–Kier alpha value is -3.18. The fourth-order valence-corrected chi connectivity index (χ4v) is 3.28. The number of amidine groups is 1. The summed E-state index contributed by atoms with van der Waals surface area (Å²) in [5.74, 6) is 0.176. The van der Waals surface area contributed by atoms with Crippen LogP contribution in [-0.2, 0) is 0 Å². The van der Waals surface area contributed by atoms with Gasteiger partial charge in [-0.1, -0.05) is 48.5 Å². The molecule has 0 aliphatic carbocycles. The molecule has 1 amide bonds. The van der Waals surface area contributed by atoms with E-state index in [1.807, 2.05) is 42.5 Å². The van der Waals surface area contributed by atoms with Crippen LogP contribution >= 0.6 is 12.4 Å². The van der Waals surface area contributed by atoms with Gasteiger partial charge in [-0.2, -0.15) is 0 Å². The molecule has 0 bridgehead atoms. The van der Waals surface area contributed by atoms with Gasteiger partial charge in [0.15, 0.2) is 5.78 Å². The van der Waals surface area contributed by atoms with Gasteiger partial charge in [-0.15, -0.1) is 12.4 Å². The lowest BCUT2D eigenvalue weighted by Gasteiger charge is -2.22. The normalized spacial score (nSPS) is 15.9. The number of carbonyl (C=O) groups excluding carboxylic acids is 2. The molecule has 3 aromatic carbocycles. The molecule has 28 heavy (non-hydrogen) atoms. The molecule has 1 heterocycles. The monoisotopic (exact) mass is 393 g/mol.